The molecule has 0 saturated carbocycles. The van der Waals surface area contributed by atoms with Crippen molar-refractivity contribution in [2.75, 3.05) is 0 Å². The molecule has 0 amide bonds. The van der Waals surface area contributed by atoms with Gasteiger partial charge in [-0.05, 0) is 17.7 Å². The van der Waals surface area contributed by atoms with Gasteiger partial charge in [0.15, 0.2) is 5.75 Å². The second kappa shape index (κ2) is 5.56. The summed E-state index contributed by atoms with van der Waals surface area (Å²) in [4.78, 5) is 17.5. The summed E-state index contributed by atoms with van der Waals surface area (Å²) < 4.78 is 5.31. The number of hydrogen-bond donors (Lipinski definition) is 0. The predicted octanol–water partition coefficient (Wildman–Crippen LogP) is 4.14. The Kier molecular flexibility index (Phi) is 4.04. The topological polar surface area (TPSA) is 78.2 Å². The Hall–Kier alpha value is -1.63. The fraction of sp³-hybridized carbons (Fsp3) is 0. The third kappa shape index (κ3) is 3.23. The normalized spacial score (nSPS) is 10.3. The quantitative estimate of drug-likeness (QED) is 0.482. The summed E-state index contributed by atoms with van der Waals surface area (Å²) in [6.07, 6.45) is 1.25. The van der Waals surface area contributed by atoms with Crippen LogP contribution in [0.1, 0.15) is 0 Å². The van der Waals surface area contributed by atoms with Crippen LogP contribution in [-0.4, -0.2) is 14.9 Å². The predicted molar refractivity (Wildman–Crippen MR) is 70.2 cm³/mol. The van der Waals surface area contributed by atoms with Crippen molar-refractivity contribution >= 4 is 40.5 Å². The average Bonchev–Trinajstić information content (AvgIpc) is 2.36. The molecule has 0 bridgehead atoms. The van der Waals surface area contributed by atoms with Crippen LogP contribution in [0.4, 0.5) is 5.69 Å². The average molecular weight is 321 g/mol. The van der Waals surface area contributed by atoms with Crippen LogP contribution in [0.15, 0.2) is 24.4 Å². The Bertz CT molecular complexity index is 651. The maximum absolute atomic E-state index is 10.7. The molecule has 0 radical (unpaired) electrons. The summed E-state index contributed by atoms with van der Waals surface area (Å²) in [5.74, 6) is 0.0107. The number of hydrogen-bond acceptors (Lipinski definition) is 5. The molecular weight excluding hydrogens is 316 g/mol. The van der Waals surface area contributed by atoms with Crippen molar-refractivity contribution in [2.45, 2.75) is 0 Å². The third-order valence-corrected chi connectivity index (χ3v) is 2.77. The Morgan fingerprint density at radius 2 is 1.95 bits per heavy atom. The first-order valence-electron chi connectivity index (χ1n) is 4.77. The van der Waals surface area contributed by atoms with Crippen LogP contribution in [0.5, 0.6) is 11.6 Å². The highest BCUT2D eigenvalue weighted by Gasteiger charge is 2.14. The van der Waals surface area contributed by atoms with E-state index >= 15 is 0 Å². The van der Waals surface area contributed by atoms with Crippen molar-refractivity contribution in [3.05, 3.63) is 49.8 Å². The van der Waals surface area contributed by atoms with Gasteiger partial charge >= 0.3 is 0 Å². The molecule has 0 aliphatic carbocycles. The molecule has 0 fully saturated rings. The van der Waals surface area contributed by atoms with Gasteiger partial charge < -0.3 is 4.74 Å². The standard InChI is InChI=1S/C10H4Cl3N3O3/c11-6-2-1-5(16(17)18)3-8(6)19-9-7(12)4-14-10(13)15-9/h1-4H. The highest BCUT2D eigenvalue weighted by molar-refractivity contribution is 6.33. The lowest BCUT2D eigenvalue weighted by atomic mass is 10.3. The first kappa shape index (κ1) is 13.8. The lowest BCUT2D eigenvalue weighted by Gasteiger charge is -2.07. The van der Waals surface area contributed by atoms with E-state index in [1.807, 2.05) is 0 Å². The van der Waals surface area contributed by atoms with Gasteiger partial charge in [0.2, 0.25) is 11.2 Å². The molecule has 1 aromatic heterocycles. The minimum Gasteiger partial charge on any atom is -0.436 e. The number of halogens is 3. The Balaban J connectivity index is 2.40. The first-order chi connectivity index (χ1) is 8.97. The van der Waals surface area contributed by atoms with Crippen molar-refractivity contribution in [2.24, 2.45) is 0 Å². The summed E-state index contributed by atoms with van der Waals surface area (Å²) in [5.41, 5.74) is -0.171. The highest BCUT2D eigenvalue weighted by atomic mass is 35.5. The van der Waals surface area contributed by atoms with Crippen LogP contribution < -0.4 is 4.74 Å². The smallest absolute Gasteiger partial charge is 0.273 e. The zero-order chi connectivity index (χ0) is 14.0. The lowest BCUT2D eigenvalue weighted by Crippen LogP contribution is -1.94. The molecule has 0 N–H and O–H groups in total. The molecular formula is C10H4Cl3N3O3. The number of aromatic nitrogens is 2. The van der Waals surface area contributed by atoms with E-state index in [0.29, 0.717) is 0 Å². The van der Waals surface area contributed by atoms with Crippen LogP contribution in [0, 0.1) is 10.1 Å². The van der Waals surface area contributed by atoms with E-state index < -0.39 is 4.92 Å². The summed E-state index contributed by atoms with van der Waals surface area (Å²) in [6, 6.07) is 3.75. The molecule has 0 aliphatic rings. The van der Waals surface area contributed by atoms with Crippen molar-refractivity contribution < 1.29 is 9.66 Å². The summed E-state index contributed by atoms with van der Waals surface area (Å²) in [6.45, 7) is 0. The van der Waals surface area contributed by atoms with E-state index in [9.17, 15) is 10.1 Å². The number of non-ortho nitro benzene ring substituents is 1. The van der Waals surface area contributed by atoms with E-state index in [2.05, 4.69) is 9.97 Å². The molecule has 0 spiro atoms. The van der Waals surface area contributed by atoms with Crippen molar-refractivity contribution in [1.82, 2.24) is 9.97 Å². The zero-order valence-electron chi connectivity index (χ0n) is 9.01. The molecule has 0 unspecified atom stereocenters. The third-order valence-electron chi connectivity index (χ3n) is 2.01. The number of nitro benzene ring substituents is 1. The number of nitrogens with zero attached hydrogens (tertiary/aromatic N) is 3. The lowest BCUT2D eigenvalue weighted by molar-refractivity contribution is -0.384. The minimum atomic E-state index is -0.572. The Labute approximate surface area is 122 Å². The van der Waals surface area contributed by atoms with E-state index in [1.165, 1.54) is 18.3 Å². The van der Waals surface area contributed by atoms with E-state index in [0.717, 1.165) is 6.07 Å². The molecule has 0 aliphatic heterocycles. The molecule has 98 valence electrons. The zero-order valence-corrected chi connectivity index (χ0v) is 11.3. The van der Waals surface area contributed by atoms with Gasteiger partial charge in [-0.1, -0.05) is 23.2 Å². The maximum atomic E-state index is 10.7. The molecule has 0 atom stereocenters. The number of ether oxygens (including phenoxy) is 1. The van der Waals surface area contributed by atoms with E-state index in [1.54, 1.807) is 0 Å². The first-order valence-corrected chi connectivity index (χ1v) is 5.90. The molecule has 2 rings (SSSR count). The molecule has 9 heteroatoms. The van der Waals surface area contributed by atoms with Gasteiger partial charge in [-0.15, -0.1) is 0 Å². The summed E-state index contributed by atoms with van der Waals surface area (Å²) in [5, 5.41) is 10.9. The number of nitro groups is 1. The van der Waals surface area contributed by atoms with E-state index in [4.69, 9.17) is 39.5 Å². The molecule has 0 saturated heterocycles. The van der Waals surface area contributed by atoms with E-state index in [-0.39, 0.29) is 32.6 Å². The van der Waals surface area contributed by atoms with Gasteiger partial charge in [0.25, 0.3) is 5.69 Å². The van der Waals surface area contributed by atoms with Gasteiger partial charge in [-0.25, -0.2) is 4.98 Å². The highest BCUT2D eigenvalue weighted by Crippen LogP contribution is 2.34. The van der Waals surface area contributed by atoms with Crippen molar-refractivity contribution in [1.29, 1.82) is 0 Å². The van der Waals surface area contributed by atoms with Gasteiger partial charge in [0.05, 0.1) is 22.2 Å². The maximum Gasteiger partial charge on any atom is 0.273 e. The molecule has 2 aromatic rings. The largest absolute Gasteiger partial charge is 0.436 e. The van der Waals surface area contributed by atoms with Gasteiger partial charge in [0.1, 0.15) is 5.02 Å². The van der Waals surface area contributed by atoms with Gasteiger partial charge in [-0.3, -0.25) is 10.1 Å². The van der Waals surface area contributed by atoms with Crippen LogP contribution in [0.25, 0.3) is 0 Å². The molecule has 6 nitrogen and oxygen atoms in total. The SMILES string of the molecule is O=[N+]([O-])c1ccc(Cl)c(Oc2nc(Cl)ncc2Cl)c1. The fourth-order valence-electron chi connectivity index (χ4n) is 1.19. The number of rotatable bonds is 3. The Morgan fingerprint density at radius 3 is 2.63 bits per heavy atom. The second-order valence-corrected chi connectivity index (χ2v) is 4.42. The summed E-state index contributed by atoms with van der Waals surface area (Å²) in [7, 11) is 0. The van der Waals surface area contributed by atoms with Gasteiger partial charge in [0, 0.05) is 6.07 Å². The van der Waals surface area contributed by atoms with Crippen molar-refractivity contribution in [3.63, 3.8) is 0 Å². The molecule has 1 aromatic carbocycles. The number of benzene rings is 1. The minimum absolute atomic E-state index is 0.0379. The molecule has 19 heavy (non-hydrogen) atoms. The van der Waals surface area contributed by atoms with Gasteiger partial charge in [-0.2, -0.15) is 4.98 Å². The van der Waals surface area contributed by atoms with Crippen LogP contribution >= 0.6 is 34.8 Å². The van der Waals surface area contributed by atoms with Crippen LogP contribution in [0.2, 0.25) is 15.3 Å². The van der Waals surface area contributed by atoms with Crippen LogP contribution in [0.3, 0.4) is 0 Å². The van der Waals surface area contributed by atoms with Crippen LogP contribution in [-0.2, 0) is 0 Å². The molecule has 1 heterocycles. The van der Waals surface area contributed by atoms with Crippen molar-refractivity contribution in [3.8, 4) is 11.6 Å². The second-order valence-electron chi connectivity index (χ2n) is 3.27. The summed E-state index contributed by atoms with van der Waals surface area (Å²) >= 11 is 17.3. The fourth-order valence-corrected chi connectivity index (χ4v) is 1.60. The Morgan fingerprint density at radius 1 is 1.21 bits per heavy atom. The monoisotopic (exact) mass is 319 g/mol.